The average Bonchev–Trinajstić information content (AvgIpc) is 2.49. The highest BCUT2D eigenvalue weighted by Gasteiger charge is 2.46. The van der Waals surface area contributed by atoms with E-state index in [1.807, 2.05) is 0 Å². The fourth-order valence-electron chi connectivity index (χ4n) is 2.62. The summed E-state index contributed by atoms with van der Waals surface area (Å²) in [6.07, 6.45) is 0. The van der Waals surface area contributed by atoms with Gasteiger partial charge in [0.15, 0.2) is 0 Å². The highest BCUT2D eigenvalue weighted by Crippen LogP contribution is 2.40. The Morgan fingerprint density at radius 1 is 1.39 bits per heavy atom. The van der Waals surface area contributed by atoms with Crippen LogP contribution in [0.4, 0.5) is 18.9 Å². The van der Waals surface area contributed by atoms with Crippen molar-refractivity contribution in [3.8, 4) is 0 Å². The number of rotatable bonds is 5. The van der Waals surface area contributed by atoms with Gasteiger partial charge >= 0.3 is 0 Å². The van der Waals surface area contributed by atoms with Gasteiger partial charge in [0.25, 0.3) is 11.6 Å². The number of aliphatic hydroxyl groups excluding tert-OH is 1. The van der Waals surface area contributed by atoms with Gasteiger partial charge in [-0.15, -0.1) is 12.4 Å². The Kier molecular flexibility index (Phi) is 6.75. The number of nitro groups is 1. The van der Waals surface area contributed by atoms with Crippen molar-refractivity contribution in [1.82, 2.24) is 10.2 Å². The predicted octanol–water partition coefficient (Wildman–Crippen LogP) is 1.73. The number of nitro benzene ring substituents is 1. The zero-order chi connectivity index (χ0) is 16.3. The van der Waals surface area contributed by atoms with Gasteiger partial charge in [-0.05, 0) is 12.1 Å². The molecule has 1 atom stereocenters. The minimum Gasteiger partial charge on any atom is -0.390 e. The minimum atomic E-state index is -3.58. The topological polar surface area (TPSA) is 78.6 Å². The number of piperazine rings is 1. The monoisotopic (exact) mass is 355 g/mol. The Labute approximate surface area is 136 Å². The second-order valence-corrected chi connectivity index (χ2v) is 5.07. The van der Waals surface area contributed by atoms with Crippen LogP contribution < -0.4 is 5.32 Å². The number of nitrogens with one attached hydrogen (secondary N) is 1. The van der Waals surface area contributed by atoms with Gasteiger partial charge in [0, 0.05) is 26.2 Å². The Hall–Kier alpha value is -1.42. The fraction of sp³-hybridized carbons (Fsp3) is 0.538. The van der Waals surface area contributed by atoms with Crippen molar-refractivity contribution in [2.24, 2.45) is 0 Å². The number of hydrogen-bond acceptors (Lipinski definition) is 5. The Morgan fingerprint density at radius 2 is 2.00 bits per heavy atom. The van der Waals surface area contributed by atoms with Crippen molar-refractivity contribution in [2.75, 3.05) is 32.8 Å². The van der Waals surface area contributed by atoms with Crippen molar-refractivity contribution in [3.63, 3.8) is 0 Å². The summed E-state index contributed by atoms with van der Waals surface area (Å²) >= 11 is 0. The maximum atomic E-state index is 14.2. The first-order valence-electron chi connectivity index (χ1n) is 6.74. The summed E-state index contributed by atoms with van der Waals surface area (Å²) in [5, 5.41) is 23.1. The van der Waals surface area contributed by atoms with Gasteiger partial charge in [-0.25, -0.2) is 13.2 Å². The summed E-state index contributed by atoms with van der Waals surface area (Å²) in [5.74, 6) is -4.46. The molecule has 1 saturated heterocycles. The largest absolute Gasteiger partial charge is 0.390 e. The molecule has 0 spiro atoms. The van der Waals surface area contributed by atoms with Crippen molar-refractivity contribution in [1.29, 1.82) is 0 Å². The highest BCUT2D eigenvalue weighted by atomic mass is 35.5. The van der Waals surface area contributed by atoms with Crippen LogP contribution in [0.1, 0.15) is 11.6 Å². The molecule has 0 aliphatic carbocycles. The van der Waals surface area contributed by atoms with E-state index in [0.717, 1.165) is 12.1 Å². The number of halogens is 4. The normalized spacial score (nSPS) is 17.4. The Balaban J connectivity index is 0.00000264. The lowest BCUT2D eigenvalue weighted by atomic mass is 9.96. The first-order valence-corrected chi connectivity index (χ1v) is 6.74. The minimum absolute atomic E-state index is 0. The predicted molar refractivity (Wildman–Crippen MR) is 79.5 cm³/mol. The molecule has 6 nitrogen and oxygen atoms in total. The summed E-state index contributed by atoms with van der Waals surface area (Å²) in [6, 6.07) is 0.841. The standard InChI is InChI=1S/C13H16F3N3O3.ClH/c14-9-1-2-10(11(7-9)19(21)22)12(13(15,16)8-20)18-5-3-17-4-6-18;/h1-2,7,12,17,20H,3-6,8H2;1H/t12-;/m1./s1. The Bertz CT molecular complexity index is 557. The third-order valence-corrected chi connectivity index (χ3v) is 3.61. The van der Waals surface area contributed by atoms with Crippen LogP contribution in [0.15, 0.2) is 18.2 Å². The molecule has 2 rings (SSSR count). The molecule has 0 unspecified atom stereocenters. The molecule has 1 aromatic rings. The molecule has 0 saturated carbocycles. The molecule has 23 heavy (non-hydrogen) atoms. The van der Waals surface area contributed by atoms with Crippen LogP contribution in [0, 0.1) is 15.9 Å². The molecular weight excluding hydrogens is 339 g/mol. The number of alkyl halides is 2. The van der Waals surface area contributed by atoms with Gasteiger partial charge in [-0.2, -0.15) is 0 Å². The first-order chi connectivity index (χ1) is 10.4. The third-order valence-electron chi connectivity index (χ3n) is 3.61. The van der Waals surface area contributed by atoms with Crippen LogP contribution in [0.2, 0.25) is 0 Å². The average molecular weight is 356 g/mol. The third kappa shape index (κ3) is 4.31. The molecule has 10 heteroatoms. The molecule has 0 amide bonds. The van der Waals surface area contributed by atoms with Crippen LogP contribution in [-0.2, 0) is 0 Å². The van der Waals surface area contributed by atoms with Crippen LogP contribution in [-0.4, -0.2) is 53.6 Å². The van der Waals surface area contributed by atoms with Gasteiger partial charge in [-0.3, -0.25) is 15.0 Å². The van der Waals surface area contributed by atoms with E-state index >= 15 is 0 Å². The van der Waals surface area contributed by atoms with E-state index in [-0.39, 0.29) is 31.1 Å². The van der Waals surface area contributed by atoms with Crippen molar-refractivity contribution >= 4 is 18.1 Å². The number of hydrogen-bond donors (Lipinski definition) is 2. The van der Waals surface area contributed by atoms with Crippen molar-refractivity contribution < 1.29 is 23.2 Å². The molecule has 2 N–H and O–H groups in total. The van der Waals surface area contributed by atoms with Gasteiger partial charge in [0.05, 0.1) is 16.6 Å². The van der Waals surface area contributed by atoms with Crippen molar-refractivity contribution in [3.05, 3.63) is 39.7 Å². The van der Waals surface area contributed by atoms with E-state index in [1.165, 1.54) is 4.90 Å². The van der Waals surface area contributed by atoms with Gasteiger partial charge < -0.3 is 10.4 Å². The molecule has 1 heterocycles. The molecule has 0 aromatic heterocycles. The molecular formula is C13H17ClF3N3O3. The van der Waals surface area contributed by atoms with Gasteiger partial charge in [0.1, 0.15) is 18.5 Å². The van der Waals surface area contributed by atoms with Crippen LogP contribution >= 0.6 is 12.4 Å². The van der Waals surface area contributed by atoms with E-state index < -0.39 is 35.0 Å². The lowest BCUT2D eigenvalue weighted by Gasteiger charge is -2.38. The second-order valence-electron chi connectivity index (χ2n) is 5.07. The van der Waals surface area contributed by atoms with Gasteiger partial charge in [-0.1, -0.05) is 0 Å². The van der Waals surface area contributed by atoms with Crippen molar-refractivity contribution in [2.45, 2.75) is 12.0 Å². The van der Waals surface area contributed by atoms with E-state index in [1.54, 1.807) is 0 Å². The lowest BCUT2D eigenvalue weighted by Crippen LogP contribution is -2.51. The highest BCUT2D eigenvalue weighted by molar-refractivity contribution is 5.85. The maximum Gasteiger partial charge on any atom is 0.290 e. The maximum absolute atomic E-state index is 14.2. The van der Waals surface area contributed by atoms with Crippen LogP contribution in [0.3, 0.4) is 0 Å². The molecule has 130 valence electrons. The number of nitrogens with zero attached hydrogens (tertiary/aromatic N) is 2. The van der Waals surface area contributed by atoms with Crippen LogP contribution in [0.5, 0.6) is 0 Å². The molecule has 0 radical (unpaired) electrons. The number of benzene rings is 1. The second kappa shape index (κ2) is 7.91. The summed E-state index contributed by atoms with van der Waals surface area (Å²) in [4.78, 5) is 11.6. The van der Waals surface area contributed by atoms with E-state index in [0.29, 0.717) is 19.2 Å². The van der Waals surface area contributed by atoms with E-state index in [9.17, 15) is 23.3 Å². The zero-order valence-corrected chi connectivity index (χ0v) is 12.9. The smallest absolute Gasteiger partial charge is 0.290 e. The summed E-state index contributed by atoms with van der Waals surface area (Å²) < 4.78 is 41.6. The lowest BCUT2D eigenvalue weighted by molar-refractivity contribution is -0.386. The van der Waals surface area contributed by atoms with E-state index in [2.05, 4.69) is 5.32 Å². The molecule has 1 fully saturated rings. The molecule has 1 aliphatic heterocycles. The summed E-state index contributed by atoms with van der Waals surface area (Å²) in [5.41, 5.74) is -1.01. The molecule has 1 aromatic carbocycles. The van der Waals surface area contributed by atoms with Gasteiger partial charge in [0.2, 0.25) is 0 Å². The quantitative estimate of drug-likeness (QED) is 0.621. The zero-order valence-electron chi connectivity index (χ0n) is 12.0. The number of aliphatic hydroxyl groups is 1. The van der Waals surface area contributed by atoms with E-state index in [4.69, 9.17) is 5.11 Å². The summed E-state index contributed by atoms with van der Waals surface area (Å²) in [7, 11) is 0. The SMILES string of the molecule is Cl.O=[N+]([O-])c1cc(F)ccc1[C@@H](N1CCNCC1)C(F)(F)CO. The first kappa shape index (κ1) is 19.6. The molecule has 1 aliphatic rings. The van der Waals surface area contributed by atoms with Crippen LogP contribution in [0.25, 0.3) is 0 Å². The fourth-order valence-corrected chi connectivity index (χ4v) is 2.62. The molecule has 0 bridgehead atoms. The summed E-state index contributed by atoms with van der Waals surface area (Å²) in [6.45, 7) is -0.0559. The Morgan fingerprint density at radius 3 is 2.52 bits per heavy atom.